The molecule has 5 heteroatoms. The minimum atomic E-state index is -0.820. The number of aryl methyl sites for hydroxylation is 1. The van der Waals surface area contributed by atoms with Gasteiger partial charge in [0.05, 0.1) is 0 Å². The Kier molecular flexibility index (Phi) is 5.30. The fourth-order valence-electron chi connectivity index (χ4n) is 2.61. The second-order valence-electron chi connectivity index (χ2n) is 4.91. The van der Waals surface area contributed by atoms with E-state index in [9.17, 15) is 4.79 Å². The summed E-state index contributed by atoms with van der Waals surface area (Å²) in [6.07, 6.45) is 3.85. The molecule has 3 nitrogen and oxygen atoms in total. The minimum absolute atomic E-state index is 0.445. The summed E-state index contributed by atoms with van der Waals surface area (Å²) in [5.41, 5.74) is 1.13. The first kappa shape index (κ1) is 14.9. The van der Waals surface area contributed by atoms with Crippen molar-refractivity contribution in [1.29, 1.82) is 0 Å². The van der Waals surface area contributed by atoms with Crippen molar-refractivity contribution in [2.75, 3.05) is 5.75 Å². The molecule has 0 bridgehead atoms. The van der Waals surface area contributed by atoms with Gasteiger partial charge in [-0.05, 0) is 37.1 Å². The summed E-state index contributed by atoms with van der Waals surface area (Å²) in [6, 6.07) is 2.39. The van der Waals surface area contributed by atoms with E-state index >= 15 is 0 Å². The zero-order chi connectivity index (χ0) is 13.8. The van der Waals surface area contributed by atoms with Gasteiger partial charge in [0.25, 0.3) is 0 Å². The lowest BCUT2D eigenvalue weighted by atomic mass is 10.2. The SMILES string of the molecule is CCSC1CCCC1NCc1cc(C(=O)O)sc1C. The van der Waals surface area contributed by atoms with Crippen LogP contribution in [0.3, 0.4) is 0 Å². The van der Waals surface area contributed by atoms with Crippen LogP contribution in [0.2, 0.25) is 0 Å². The summed E-state index contributed by atoms with van der Waals surface area (Å²) in [5.74, 6) is 0.350. The number of aromatic carboxylic acids is 1. The van der Waals surface area contributed by atoms with E-state index < -0.39 is 5.97 Å². The highest BCUT2D eigenvalue weighted by molar-refractivity contribution is 7.99. The van der Waals surface area contributed by atoms with Crippen LogP contribution in [0.25, 0.3) is 0 Å². The summed E-state index contributed by atoms with van der Waals surface area (Å²) in [7, 11) is 0. The highest BCUT2D eigenvalue weighted by Crippen LogP contribution is 2.30. The minimum Gasteiger partial charge on any atom is -0.477 e. The Hall–Kier alpha value is -0.520. The summed E-state index contributed by atoms with van der Waals surface area (Å²) in [6.45, 7) is 5.00. The molecule has 0 aliphatic heterocycles. The first-order chi connectivity index (χ1) is 9.11. The normalized spacial score (nSPS) is 22.8. The predicted octanol–water partition coefficient (Wildman–Crippen LogP) is 3.52. The molecule has 1 aromatic heterocycles. The van der Waals surface area contributed by atoms with Gasteiger partial charge in [0, 0.05) is 22.7 Å². The van der Waals surface area contributed by atoms with Crippen LogP contribution < -0.4 is 5.32 Å². The number of nitrogens with one attached hydrogen (secondary N) is 1. The van der Waals surface area contributed by atoms with E-state index in [1.807, 2.05) is 24.8 Å². The topological polar surface area (TPSA) is 49.3 Å². The maximum absolute atomic E-state index is 11.0. The molecule has 0 aromatic carbocycles. The van der Waals surface area contributed by atoms with Crippen LogP contribution in [0, 0.1) is 6.92 Å². The molecule has 1 saturated carbocycles. The van der Waals surface area contributed by atoms with Gasteiger partial charge in [0.1, 0.15) is 4.88 Å². The van der Waals surface area contributed by atoms with Gasteiger partial charge in [0.2, 0.25) is 0 Å². The standard InChI is InChI=1S/C14H21NO2S2/c1-3-18-12-6-4-5-11(12)15-8-10-7-13(14(16)17)19-9(10)2/h7,11-12,15H,3-6,8H2,1-2H3,(H,16,17). The number of carboxylic acids is 1. The Bertz CT molecular complexity index is 445. The zero-order valence-corrected chi connectivity index (χ0v) is 13.1. The number of rotatable bonds is 6. The Balaban J connectivity index is 1.93. The largest absolute Gasteiger partial charge is 0.477 e. The molecule has 0 radical (unpaired) electrons. The van der Waals surface area contributed by atoms with E-state index in [-0.39, 0.29) is 0 Å². The summed E-state index contributed by atoms with van der Waals surface area (Å²) in [5, 5.41) is 13.3. The van der Waals surface area contributed by atoms with Gasteiger partial charge < -0.3 is 10.4 Å². The van der Waals surface area contributed by atoms with Crippen molar-refractivity contribution >= 4 is 29.1 Å². The summed E-state index contributed by atoms with van der Waals surface area (Å²) >= 11 is 3.41. The fourth-order valence-corrected chi connectivity index (χ4v) is 4.72. The lowest BCUT2D eigenvalue weighted by Gasteiger charge is -2.20. The van der Waals surface area contributed by atoms with Crippen LogP contribution in [0.4, 0.5) is 0 Å². The van der Waals surface area contributed by atoms with E-state index in [2.05, 4.69) is 12.2 Å². The molecule has 2 unspecified atom stereocenters. The van der Waals surface area contributed by atoms with Crippen LogP contribution >= 0.6 is 23.1 Å². The van der Waals surface area contributed by atoms with Gasteiger partial charge in [-0.1, -0.05) is 13.3 Å². The van der Waals surface area contributed by atoms with Gasteiger partial charge >= 0.3 is 5.97 Å². The molecule has 0 spiro atoms. The van der Waals surface area contributed by atoms with Crippen molar-refractivity contribution < 1.29 is 9.90 Å². The molecule has 0 amide bonds. The van der Waals surface area contributed by atoms with Crippen LogP contribution in [0.5, 0.6) is 0 Å². The Morgan fingerprint density at radius 2 is 2.37 bits per heavy atom. The third-order valence-corrected chi connectivity index (χ3v) is 6.03. The van der Waals surface area contributed by atoms with Crippen molar-refractivity contribution in [1.82, 2.24) is 5.32 Å². The van der Waals surface area contributed by atoms with Crippen LogP contribution in [0.1, 0.15) is 46.3 Å². The van der Waals surface area contributed by atoms with Gasteiger partial charge in [-0.2, -0.15) is 11.8 Å². The maximum atomic E-state index is 11.0. The molecule has 1 aliphatic carbocycles. The fraction of sp³-hybridized carbons (Fsp3) is 0.643. The third kappa shape index (κ3) is 3.74. The quantitative estimate of drug-likeness (QED) is 0.844. The molecule has 0 saturated heterocycles. The van der Waals surface area contributed by atoms with Crippen molar-refractivity contribution in [3.05, 3.63) is 21.4 Å². The number of thiophene rings is 1. The second-order valence-corrected chi connectivity index (χ2v) is 7.68. The first-order valence-electron chi connectivity index (χ1n) is 6.79. The van der Waals surface area contributed by atoms with Gasteiger partial charge in [-0.15, -0.1) is 11.3 Å². The molecule has 2 N–H and O–H groups in total. The summed E-state index contributed by atoms with van der Waals surface area (Å²) in [4.78, 5) is 12.5. The monoisotopic (exact) mass is 299 g/mol. The van der Waals surface area contributed by atoms with E-state index in [1.165, 1.54) is 36.4 Å². The van der Waals surface area contributed by atoms with E-state index in [0.29, 0.717) is 10.9 Å². The molecular formula is C14H21NO2S2. The number of carboxylic acid groups (broad SMARTS) is 1. The lowest BCUT2D eigenvalue weighted by molar-refractivity contribution is 0.0702. The van der Waals surface area contributed by atoms with E-state index in [1.54, 1.807) is 0 Å². The van der Waals surface area contributed by atoms with Crippen LogP contribution in [-0.2, 0) is 6.54 Å². The van der Waals surface area contributed by atoms with Crippen molar-refractivity contribution in [3.63, 3.8) is 0 Å². The molecule has 1 heterocycles. The highest BCUT2D eigenvalue weighted by Gasteiger charge is 2.26. The van der Waals surface area contributed by atoms with Crippen molar-refractivity contribution in [2.24, 2.45) is 0 Å². The van der Waals surface area contributed by atoms with Crippen LogP contribution in [-0.4, -0.2) is 28.1 Å². The number of hydrogen-bond acceptors (Lipinski definition) is 4. The molecule has 1 aromatic rings. The average Bonchev–Trinajstić information content (AvgIpc) is 2.94. The van der Waals surface area contributed by atoms with Gasteiger partial charge in [0.15, 0.2) is 0 Å². The average molecular weight is 299 g/mol. The molecular weight excluding hydrogens is 278 g/mol. The molecule has 1 fully saturated rings. The highest BCUT2D eigenvalue weighted by atomic mass is 32.2. The molecule has 1 aliphatic rings. The maximum Gasteiger partial charge on any atom is 0.345 e. The van der Waals surface area contributed by atoms with Crippen LogP contribution in [0.15, 0.2) is 6.07 Å². The number of hydrogen-bond donors (Lipinski definition) is 2. The second kappa shape index (κ2) is 6.77. The third-order valence-electron chi connectivity index (χ3n) is 3.62. The lowest BCUT2D eigenvalue weighted by Crippen LogP contribution is -2.33. The van der Waals surface area contributed by atoms with Gasteiger partial charge in [-0.25, -0.2) is 4.79 Å². The van der Waals surface area contributed by atoms with Crippen molar-refractivity contribution in [3.8, 4) is 0 Å². The number of thioether (sulfide) groups is 1. The Labute approximate surface area is 122 Å². The van der Waals surface area contributed by atoms with Gasteiger partial charge in [-0.3, -0.25) is 0 Å². The predicted molar refractivity (Wildman–Crippen MR) is 82.4 cm³/mol. The molecule has 19 heavy (non-hydrogen) atoms. The van der Waals surface area contributed by atoms with Crippen molar-refractivity contribution in [2.45, 2.75) is 50.9 Å². The van der Waals surface area contributed by atoms with E-state index in [0.717, 1.165) is 22.2 Å². The number of carbonyl (C=O) groups is 1. The first-order valence-corrected chi connectivity index (χ1v) is 8.66. The molecule has 2 atom stereocenters. The smallest absolute Gasteiger partial charge is 0.345 e. The van der Waals surface area contributed by atoms with E-state index in [4.69, 9.17) is 5.11 Å². The Morgan fingerprint density at radius 3 is 3.00 bits per heavy atom. The molecule has 2 rings (SSSR count). The summed E-state index contributed by atoms with van der Waals surface area (Å²) < 4.78 is 0. The zero-order valence-electron chi connectivity index (χ0n) is 11.4. The Morgan fingerprint density at radius 1 is 1.58 bits per heavy atom. The molecule has 106 valence electrons.